The number of allylic oxidation sites excluding steroid dienone is 6. The second-order valence-electron chi connectivity index (χ2n) is 11.9. The number of unbranched alkanes of at least 4 members (excludes halogenated alkanes) is 2. The molecule has 3 rings (SSSR count). The van der Waals surface area contributed by atoms with E-state index in [0.717, 1.165) is 76.1 Å². The highest BCUT2D eigenvalue weighted by Crippen LogP contribution is 2.39. The first-order valence-electron chi connectivity index (χ1n) is 17.2. The number of nitrogens with zero attached hydrogens (tertiary/aromatic N) is 2. The van der Waals surface area contributed by atoms with Crippen LogP contribution < -0.4 is 28.4 Å². The lowest BCUT2D eigenvalue weighted by molar-refractivity contribution is -0.115. The molecule has 0 bridgehead atoms. The first-order chi connectivity index (χ1) is 24.3. The van der Waals surface area contributed by atoms with Crippen molar-refractivity contribution in [3.8, 4) is 34.5 Å². The largest absolute Gasteiger partial charge is 0.493 e. The fraction of sp³-hybridized carbons (Fsp3) is 0.450. The van der Waals surface area contributed by atoms with Gasteiger partial charge in [-0.3, -0.25) is 9.59 Å². The van der Waals surface area contributed by atoms with E-state index in [1.165, 1.54) is 0 Å². The summed E-state index contributed by atoms with van der Waals surface area (Å²) in [4.78, 5) is 29.6. The van der Waals surface area contributed by atoms with Crippen LogP contribution in [0.15, 0.2) is 60.7 Å². The van der Waals surface area contributed by atoms with E-state index in [-0.39, 0.29) is 11.6 Å². The van der Waals surface area contributed by atoms with Crippen molar-refractivity contribution in [3.63, 3.8) is 0 Å². The monoisotopic (exact) mass is 690 g/mol. The molecule has 0 aliphatic carbocycles. The first-order valence-corrected chi connectivity index (χ1v) is 17.2. The Balaban J connectivity index is 1.25. The van der Waals surface area contributed by atoms with Crippen LogP contribution in [-0.4, -0.2) is 103 Å². The second-order valence-corrected chi connectivity index (χ2v) is 11.9. The lowest BCUT2D eigenvalue weighted by atomic mass is 10.1. The fourth-order valence-electron chi connectivity index (χ4n) is 5.73. The van der Waals surface area contributed by atoms with Gasteiger partial charge in [-0.1, -0.05) is 36.5 Å². The topological polar surface area (TPSA) is 96.0 Å². The van der Waals surface area contributed by atoms with Gasteiger partial charge in [0.2, 0.25) is 11.5 Å². The third-order valence-corrected chi connectivity index (χ3v) is 8.50. The summed E-state index contributed by atoms with van der Waals surface area (Å²) in [6.07, 6.45) is 19.2. The number of carbonyl (C=O) groups is 2. The molecule has 0 saturated carbocycles. The highest BCUT2D eigenvalue weighted by atomic mass is 16.5. The highest BCUT2D eigenvalue weighted by molar-refractivity contribution is 5.90. The molecule has 272 valence electrons. The van der Waals surface area contributed by atoms with Crippen molar-refractivity contribution >= 4 is 23.7 Å². The van der Waals surface area contributed by atoms with E-state index >= 15 is 0 Å². The van der Waals surface area contributed by atoms with Gasteiger partial charge >= 0.3 is 0 Å². The van der Waals surface area contributed by atoms with Gasteiger partial charge in [0.15, 0.2) is 34.6 Å². The number of hydrogen-bond donors (Lipinski definition) is 0. The number of methoxy groups -OCH3 is 6. The molecule has 1 aliphatic heterocycles. The summed E-state index contributed by atoms with van der Waals surface area (Å²) in [5.41, 5.74) is 1.77. The Morgan fingerprint density at radius 3 is 1.16 bits per heavy atom. The molecule has 0 radical (unpaired) electrons. The molecule has 1 heterocycles. The zero-order valence-electron chi connectivity index (χ0n) is 30.6. The standard InChI is InChI=1S/C40H54N2O8/c1-45-35-27-31(28-36(46-2)39(35)49-5)15-7-9-17-33(43)19-11-13-21-41-23-25-42(26-24-41)22-14-12-20-34(44)18-10-8-16-32-29-37(47-3)40(50-6)38(30-32)48-4/h7-10,15-18,27-30H,11-14,19-26H2,1-6H3/b15-7+,16-8+,17-9+,18-10+. The Labute approximate surface area is 297 Å². The summed E-state index contributed by atoms with van der Waals surface area (Å²) in [5.74, 6) is 3.69. The third-order valence-electron chi connectivity index (χ3n) is 8.50. The minimum Gasteiger partial charge on any atom is -0.493 e. The number of ketones is 2. The maximum absolute atomic E-state index is 12.3. The molecule has 2 aromatic rings. The number of rotatable bonds is 22. The van der Waals surface area contributed by atoms with Crippen molar-refractivity contribution in [3.05, 3.63) is 71.8 Å². The molecule has 50 heavy (non-hydrogen) atoms. The van der Waals surface area contributed by atoms with Crippen LogP contribution in [0.25, 0.3) is 12.2 Å². The zero-order valence-corrected chi connectivity index (χ0v) is 30.6. The van der Waals surface area contributed by atoms with Gasteiger partial charge in [0.1, 0.15) is 0 Å². The van der Waals surface area contributed by atoms with E-state index in [4.69, 9.17) is 28.4 Å². The van der Waals surface area contributed by atoms with Gasteiger partial charge in [-0.15, -0.1) is 0 Å². The van der Waals surface area contributed by atoms with Crippen molar-refractivity contribution in [2.45, 2.75) is 38.5 Å². The maximum Gasteiger partial charge on any atom is 0.203 e. The number of piperazine rings is 1. The quantitative estimate of drug-likeness (QED) is 0.0757. The lowest BCUT2D eigenvalue weighted by Gasteiger charge is -2.34. The predicted molar refractivity (Wildman–Crippen MR) is 199 cm³/mol. The van der Waals surface area contributed by atoms with E-state index in [1.807, 2.05) is 48.6 Å². The van der Waals surface area contributed by atoms with Crippen molar-refractivity contribution in [1.29, 1.82) is 0 Å². The molecular formula is C40H54N2O8. The van der Waals surface area contributed by atoms with Crippen LogP contribution in [0.1, 0.15) is 49.7 Å². The fourth-order valence-corrected chi connectivity index (χ4v) is 5.73. The van der Waals surface area contributed by atoms with E-state index < -0.39 is 0 Å². The van der Waals surface area contributed by atoms with Crippen LogP contribution >= 0.6 is 0 Å². The lowest BCUT2D eigenvalue weighted by Crippen LogP contribution is -2.46. The molecule has 0 atom stereocenters. The van der Waals surface area contributed by atoms with Crippen molar-refractivity contribution in [2.75, 3.05) is 81.9 Å². The number of hydrogen-bond acceptors (Lipinski definition) is 10. The third kappa shape index (κ3) is 13.1. The minimum absolute atomic E-state index is 0.130. The van der Waals surface area contributed by atoms with Crippen LogP contribution in [0, 0.1) is 0 Å². The van der Waals surface area contributed by atoms with Crippen LogP contribution in [0.5, 0.6) is 34.5 Å². The zero-order chi connectivity index (χ0) is 36.1. The van der Waals surface area contributed by atoms with Crippen LogP contribution in [0.2, 0.25) is 0 Å². The Morgan fingerprint density at radius 2 is 0.860 bits per heavy atom. The van der Waals surface area contributed by atoms with Crippen LogP contribution in [0.3, 0.4) is 0 Å². The normalized spacial score (nSPS) is 14.2. The molecule has 0 aromatic heterocycles. The van der Waals surface area contributed by atoms with Crippen LogP contribution in [-0.2, 0) is 9.59 Å². The molecule has 10 nitrogen and oxygen atoms in total. The molecule has 0 N–H and O–H groups in total. The maximum atomic E-state index is 12.3. The number of benzene rings is 2. The summed E-state index contributed by atoms with van der Waals surface area (Å²) in [7, 11) is 9.48. The summed E-state index contributed by atoms with van der Waals surface area (Å²) in [5, 5.41) is 0. The molecule has 1 fully saturated rings. The summed E-state index contributed by atoms with van der Waals surface area (Å²) in [6, 6.07) is 7.44. The average Bonchev–Trinajstić information content (AvgIpc) is 3.14. The highest BCUT2D eigenvalue weighted by Gasteiger charge is 2.16. The predicted octanol–water partition coefficient (Wildman–Crippen LogP) is 6.67. The molecular weight excluding hydrogens is 636 g/mol. The van der Waals surface area contributed by atoms with Gasteiger partial charge in [0, 0.05) is 39.0 Å². The average molecular weight is 691 g/mol. The SMILES string of the molecule is COc1cc(/C=C/C=C/C(=O)CCCCN2CCN(CCCCC(=O)/C=C/C=C/c3cc(OC)c(OC)c(OC)c3)CC2)cc(OC)c1OC. The van der Waals surface area contributed by atoms with Crippen LogP contribution in [0.4, 0.5) is 0 Å². The van der Waals surface area contributed by atoms with Gasteiger partial charge in [-0.2, -0.15) is 0 Å². The molecule has 0 unspecified atom stereocenters. The van der Waals surface area contributed by atoms with Gasteiger partial charge in [-0.25, -0.2) is 0 Å². The number of carbonyl (C=O) groups excluding carboxylic acids is 2. The Morgan fingerprint density at radius 1 is 0.520 bits per heavy atom. The van der Waals surface area contributed by atoms with Crippen molar-refractivity contribution in [2.24, 2.45) is 0 Å². The Bertz CT molecular complexity index is 1330. The van der Waals surface area contributed by atoms with Gasteiger partial charge in [0.25, 0.3) is 0 Å². The summed E-state index contributed by atoms with van der Waals surface area (Å²) >= 11 is 0. The number of ether oxygens (including phenoxy) is 6. The van der Waals surface area contributed by atoms with Gasteiger partial charge in [-0.05, 0) is 86.3 Å². The van der Waals surface area contributed by atoms with E-state index in [2.05, 4.69) is 9.80 Å². The Kier molecular flexibility index (Phi) is 17.7. The summed E-state index contributed by atoms with van der Waals surface area (Å²) in [6.45, 7) is 6.19. The molecule has 10 heteroatoms. The molecule has 1 saturated heterocycles. The first kappa shape index (κ1) is 39.9. The minimum atomic E-state index is 0.130. The van der Waals surface area contributed by atoms with Gasteiger partial charge in [0.05, 0.1) is 42.7 Å². The van der Waals surface area contributed by atoms with Crippen molar-refractivity contribution < 1.29 is 38.0 Å². The summed E-state index contributed by atoms with van der Waals surface area (Å²) < 4.78 is 32.3. The molecule has 0 amide bonds. The Hall–Kier alpha value is -4.54. The van der Waals surface area contributed by atoms with E-state index in [0.29, 0.717) is 47.3 Å². The molecule has 0 spiro atoms. The van der Waals surface area contributed by atoms with E-state index in [9.17, 15) is 9.59 Å². The molecule has 2 aromatic carbocycles. The van der Waals surface area contributed by atoms with E-state index in [1.54, 1.807) is 67.0 Å². The van der Waals surface area contributed by atoms with Gasteiger partial charge < -0.3 is 38.2 Å². The molecule has 1 aliphatic rings. The second kappa shape index (κ2) is 22.2. The smallest absolute Gasteiger partial charge is 0.203 e. The van der Waals surface area contributed by atoms with Crippen molar-refractivity contribution in [1.82, 2.24) is 9.80 Å².